The van der Waals surface area contributed by atoms with Gasteiger partial charge in [0, 0.05) is 0 Å². The predicted octanol–water partition coefficient (Wildman–Crippen LogP) is 4.32. The first-order valence-electron chi connectivity index (χ1n) is 6.27. The number of unbranched alkanes of at least 4 members (excludes halogenated alkanes) is 1. The molecule has 0 aromatic rings. The van der Waals surface area contributed by atoms with Crippen LogP contribution in [-0.4, -0.2) is 19.8 Å². The topological polar surface area (TPSA) is 44.8 Å². The van der Waals surface area contributed by atoms with Gasteiger partial charge in [0.05, 0.1) is 19.8 Å². The molecule has 0 radical (unpaired) electrons. The van der Waals surface area contributed by atoms with Gasteiger partial charge in [-0.2, -0.15) is 0 Å². The van der Waals surface area contributed by atoms with Crippen LogP contribution in [0.15, 0.2) is 11.6 Å². The molecule has 0 aliphatic heterocycles. The number of hydrogen-bond donors (Lipinski definition) is 0. The van der Waals surface area contributed by atoms with Gasteiger partial charge in [-0.05, 0) is 33.6 Å². The monoisotopic (exact) mass is 264 g/mol. The van der Waals surface area contributed by atoms with E-state index in [1.165, 1.54) is 12.0 Å². The molecule has 0 aliphatic rings. The van der Waals surface area contributed by atoms with Gasteiger partial charge in [0.15, 0.2) is 0 Å². The zero-order valence-electron chi connectivity index (χ0n) is 11.4. The average Bonchev–Trinajstić information content (AvgIpc) is 2.27. The standard InChI is InChI=1S/C12H25O4P/c1-5-8-9-12(4)10-11-16-17(13,14-6-2)15-7-3/h10H,5-9,11H2,1-4H3/b12-10+. The third kappa shape index (κ3) is 8.56. The highest BCUT2D eigenvalue weighted by Gasteiger charge is 2.24. The highest BCUT2D eigenvalue weighted by atomic mass is 31.2. The van der Waals surface area contributed by atoms with Gasteiger partial charge in [-0.25, -0.2) is 4.57 Å². The molecule has 0 heterocycles. The van der Waals surface area contributed by atoms with Crippen molar-refractivity contribution >= 4 is 7.82 Å². The zero-order chi connectivity index (χ0) is 13.1. The maximum absolute atomic E-state index is 11.9. The maximum Gasteiger partial charge on any atom is 0.475 e. The minimum absolute atomic E-state index is 0.271. The summed E-state index contributed by atoms with van der Waals surface area (Å²) in [7, 11) is -3.35. The van der Waals surface area contributed by atoms with Crippen LogP contribution < -0.4 is 0 Å². The second-order valence-corrected chi connectivity index (χ2v) is 5.40. The fraction of sp³-hybridized carbons (Fsp3) is 0.833. The summed E-state index contributed by atoms with van der Waals surface area (Å²) >= 11 is 0. The Bertz CT molecular complexity index is 253. The first-order valence-corrected chi connectivity index (χ1v) is 7.73. The van der Waals surface area contributed by atoms with Crippen molar-refractivity contribution in [1.29, 1.82) is 0 Å². The molecule has 0 aliphatic carbocycles. The van der Waals surface area contributed by atoms with Crippen molar-refractivity contribution in [2.45, 2.75) is 47.0 Å². The SMILES string of the molecule is CCCC/C(C)=C/COP(=O)(OCC)OCC. The van der Waals surface area contributed by atoms with Gasteiger partial charge in [0.1, 0.15) is 0 Å². The molecule has 0 N–H and O–H groups in total. The van der Waals surface area contributed by atoms with Gasteiger partial charge in [0.25, 0.3) is 0 Å². The van der Waals surface area contributed by atoms with Crippen molar-refractivity contribution in [3.05, 3.63) is 11.6 Å². The van der Waals surface area contributed by atoms with E-state index in [0.717, 1.165) is 12.8 Å². The Labute approximate surface area is 105 Å². The third-order valence-corrected chi connectivity index (χ3v) is 3.78. The van der Waals surface area contributed by atoms with Gasteiger partial charge >= 0.3 is 7.82 Å². The van der Waals surface area contributed by atoms with Gasteiger partial charge < -0.3 is 0 Å². The molecular weight excluding hydrogens is 239 g/mol. The van der Waals surface area contributed by atoms with Crippen LogP contribution in [0.2, 0.25) is 0 Å². The number of phosphoric acid groups is 1. The van der Waals surface area contributed by atoms with Crippen molar-refractivity contribution < 1.29 is 18.1 Å². The molecule has 4 nitrogen and oxygen atoms in total. The van der Waals surface area contributed by atoms with Crippen LogP contribution in [0.5, 0.6) is 0 Å². The lowest BCUT2D eigenvalue weighted by Gasteiger charge is -2.15. The van der Waals surface area contributed by atoms with Gasteiger partial charge in [0.2, 0.25) is 0 Å². The fourth-order valence-corrected chi connectivity index (χ4v) is 2.37. The Hall–Kier alpha value is -0.150. The molecule has 0 saturated carbocycles. The van der Waals surface area contributed by atoms with E-state index in [-0.39, 0.29) is 6.61 Å². The van der Waals surface area contributed by atoms with E-state index < -0.39 is 7.82 Å². The summed E-state index contributed by atoms with van der Waals surface area (Å²) < 4.78 is 27.1. The zero-order valence-corrected chi connectivity index (χ0v) is 12.3. The van der Waals surface area contributed by atoms with E-state index in [1.54, 1.807) is 13.8 Å². The Morgan fingerprint density at radius 3 is 2.18 bits per heavy atom. The molecule has 0 spiro atoms. The predicted molar refractivity (Wildman–Crippen MR) is 70.1 cm³/mol. The molecule has 0 rings (SSSR count). The van der Waals surface area contributed by atoms with Gasteiger partial charge in [-0.1, -0.05) is 25.0 Å². The summed E-state index contributed by atoms with van der Waals surface area (Å²) in [6, 6.07) is 0. The summed E-state index contributed by atoms with van der Waals surface area (Å²) in [4.78, 5) is 0. The van der Waals surface area contributed by atoms with E-state index in [9.17, 15) is 4.57 Å². The largest absolute Gasteiger partial charge is 0.475 e. The van der Waals surface area contributed by atoms with Crippen LogP contribution in [-0.2, 0) is 18.1 Å². The van der Waals surface area contributed by atoms with Gasteiger partial charge in [-0.15, -0.1) is 0 Å². The molecule has 0 atom stereocenters. The van der Waals surface area contributed by atoms with Crippen LogP contribution in [0, 0.1) is 0 Å². The van der Waals surface area contributed by atoms with E-state index in [4.69, 9.17) is 13.6 Å². The Morgan fingerprint density at radius 1 is 1.12 bits per heavy atom. The normalized spacial score (nSPS) is 13.1. The van der Waals surface area contributed by atoms with Crippen LogP contribution in [0.1, 0.15) is 47.0 Å². The van der Waals surface area contributed by atoms with Crippen molar-refractivity contribution in [2.75, 3.05) is 19.8 Å². The molecule has 0 aromatic heterocycles. The molecule has 17 heavy (non-hydrogen) atoms. The van der Waals surface area contributed by atoms with E-state index in [0.29, 0.717) is 13.2 Å². The third-order valence-electron chi connectivity index (χ3n) is 2.16. The highest BCUT2D eigenvalue weighted by molar-refractivity contribution is 7.48. The van der Waals surface area contributed by atoms with Crippen molar-refractivity contribution in [2.24, 2.45) is 0 Å². The fourth-order valence-electron chi connectivity index (χ4n) is 1.26. The molecule has 5 heteroatoms. The van der Waals surface area contributed by atoms with Crippen molar-refractivity contribution in [3.63, 3.8) is 0 Å². The Morgan fingerprint density at radius 2 is 1.71 bits per heavy atom. The van der Waals surface area contributed by atoms with E-state index in [2.05, 4.69) is 6.92 Å². The number of phosphoric ester groups is 1. The molecule has 0 amide bonds. The first kappa shape index (κ1) is 16.9. The Kier molecular flexibility index (Phi) is 9.75. The maximum atomic E-state index is 11.9. The Balaban J connectivity index is 4.08. The quantitative estimate of drug-likeness (QED) is 0.435. The molecule has 0 fully saturated rings. The molecule has 102 valence electrons. The average molecular weight is 264 g/mol. The van der Waals surface area contributed by atoms with Crippen LogP contribution in [0.4, 0.5) is 0 Å². The number of rotatable bonds is 10. The minimum Gasteiger partial charge on any atom is -0.287 e. The number of allylic oxidation sites excluding steroid dienone is 1. The van der Waals surface area contributed by atoms with E-state index in [1.807, 2.05) is 13.0 Å². The molecular formula is C12H25O4P. The minimum atomic E-state index is -3.35. The molecule has 0 bridgehead atoms. The molecule has 0 unspecified atom stereocenters. The lowest BCUT2D eigenvalue weighted by atomic mass is 10.1. The summed E-state index contributed by atoms with van der Waals surface area (Å²) in [6.45, 7) is 8.63. The lowest BCUT2D eigenvalue weighted by molar-refractivity contribution is 0.131. The lowest BCUT2D eigenvalue weighted by Crippen LogP contribution is -2.00. The second-order valence-electron chi connectivity index (χ2n) is 3.73. The van der Waals surface area contributed by atoms with E-state index >= 15 is 0 Å². The van der Waals surface area contributed by atoms with Crippen molar-refractivity contribution in [1.82, 2.24) is 0 Å². The van der Waals surface area contributed by atoms with Crippen LogP contribution >= 0.6 is 7.82 Å². The van der Waals surface area contributed by atoms with Crippen LogP contribution in [0.3, 0.4) is 0 Å². The summed E-state index contributed by atoms with van der Waals surface area (Å²) in [5.74, 6) is 0. The second kappa shape index (κ2) is 9.84. The first-order chi connectivity index (χ1) is 8.08. The van der Waals surface area contributed by atoms with Crippen LogP contribution in [0.25, 0.3) is 0 Å². The van der Waals surface area contributed by atoms with Crippen molar-refractivity contribution in [3.8, 4) is 0 Å². The smallest absolute Gasteiger partial charge is 0.287 e. The summed E-state index contributed by atoms with van der Waals surface area (Å²) in [5.41, 5.74) is 1.24. The highest BCUT2D eigenvalue weighted by Crippen LogP contribution is 2.49. The molecule has 0 aromatic carbocycles. The molecule has 0 saturated heterocycles. The summed E-state index contributed by atoms with van der Waals surface area (Å²) in [5, 5.41) is 0. The van der Waals surface area contributed by atoms with Gasteiger partial charge in [-0.3, -0.25) is 13.6 Å². The number of hydrogen-bond acceptors (Lipinski definition) is 4. The summed E-state index contributed by atoms with van der Waals surface area (Å²) in [6.07, 6.45) is 5.31.